The van der Waals surface area contributed by atoms with Gasteiger partial charge >= 0.3 is 6.01 Å². The third kappa shape index (κ3) is 6.40. The van der Waals surface area contributed by atoms with E-state index in [9.17, 15) is 0 Å². The van der Waals surface area contributed by atoms with Crippen molar-refractivity contribution in [2.75, 3.05) is 7.11 Å². The van der Waals surface area contributed by atoms with Gasteiger partial charge in [0.2, 0.25) is 0 Å². The van der Waals surface area contributed by atoms with Crippen molar-refractivity contribution < 1.29 is 4.74 Å². The molecule has 0 bridgehead atoms. The molecule has 0 saturated heterocycles. The third-order valence-electron chi connectivity index (χ3n) is 1.24. The normalized spacial score (nSPS) is 7.57. The standard InChI is InChI=1S/C7H10N2O.2C2H6/c1-3-6-4-5-8-7(9-6)10-2;2*1-2/h4-5H,3H2,1-2H3;2*1-2H3. The van der Waals surface area contributed by atoms with Gasteiger partial charge in [-0.3, -0.25) is 0 Å². The average molecular weight is 198 g/mol. The Morgan fingerprint density at radius 2 is 1.79 bits per heavy atom. The topological polar surface area (TPSA) is 35.0 Å². The van der Waals surface area contributed by atoms with Crippen LogP contribution in [-0.4, -0.2) is 17.1 Å². The van der Waals surface area contributed by atoms with Crippen molar-refractivity contribution in [2.24, 2.45) is 0 Å². The first-order valence-electron chi connectivity index (χ1n) is 5.22. The van der Waals surface area contributed by atoms with Gasteiger partial charge in [-0.1, -0.05) is 34.6 Å². The van der Waals surface area contributed by atoms with Gasteiger partial charge in [0.15, 0.2) is 0 Å². The van der Waals surface area contributed by atoms with Crippen LogP contribution in [0.1, 0.15) is 40.3 Å². The summed E-state index contributed by atoms with van der Waals surface area (Å²) in [6.45, 7) is 10.0. The van der Waals surface area contributed by atoms with Crippen LogP contribution in [0.25, 0.3) is 0 Å². The molecule has 0 aliphatic carbocycles. The van der Waals surface area contributed by atoms with Crippen LogP contribution >= 0.6 is 0 Å². The van der Waals surface area contributed by atoms with Gasteiger partial charge < -0.3 is 4.74 Å². The molecule has 0 saturated carbocycles. The Hall–Kier alpha value is -1.12. The number of hydrogen-bond donors (Lipinski definition) is 0. The number of rotatable bonds is 2. The van der Waals surface area contributed by atoms with Gasteiger partial charge in [0.25, 0.3) is 0 Å². The second kappa shape index (κ2) is 11.9. The Kier molecular flexibility index (Phi) is 13.0. The maximum atomic E-state index is 4.83. The summed E-state index contributed by atoms with van der Waals surface area (Å²) < 4.78 is 4.83. The number of aryl methyl sites for hydroxylation is 1. The SMILES string of the molecule is CC.CC.CCc1ccnc(OC)n1. The molecule has 3 heteroatoms. The lowest BCUT2D eigenvalue weighted by atomic mass is 10.3. The molecule has 0 amide bonds. The molecular formula is C11H22N2O. The highest BCUT2D eigenvalue weighted by molar-refractivity contribution is 5.04. The van der Waals surface area contributed by atoms with Crippen molar-refractivity contribution in [3.8, 4) is 6.01 Å². The van der Waals surface area contributed by atoms with Crippen molar-refractivity contribution >= 4 is 0 Å². The third-order valence-corrected chi connectivity index (χ3v) is 1.24. The summed E-state index contributed by atoms with van der Waals surface area (Å²) in [5, 5.41) is 0. The van der Waals surface area contributed by atoms with Crippen LogP contribution < -0.4 is 4.74 Å². The highest BCUT2D eigenvalue weighted by Gasteiger charge is 1.93. The van der Waals surface area contributed by atoms with E-state index in [4.69, 9.17) is 4.74 Å². The van der Waals surface area contributed by atoms with E-state index in [1.807, 2.05) is 40.7 Å². The fourth-order valence-electron chi connectivity index (χ4n) is 0.671. The molecule has 3 nitrogen and oxygen atoms in total. The molecule has 14 heavy (non-hydrogen) atoms. The van der Waals surface area contributed by atoms with Gasteiger partial charge in [-0.2, -0.15) is 0 Å². The molecule has 0 radical (unpaired) electrons. The molecule has 0 atom stereocenters. The molecule has 0 aromatic carbocycles. The minimum absolute atomic E-state index is 0.444. The predicted molar refractivity (Wildman–Crippen MR) is 60.7 cm³/mol. The number of ether oxygens (including phenoxy) is 1. The molecule has 1 rings (SSSR count). The summed E-state index contributed by atoms with van der Waals surface area (Å²) in [4.78, 5) is 7.95. The van der Waals surface area contributed by atoms with E-state index in [1.54, 1.807) is 13.3 Å². The second-order valence-electron chi connectivity index (χ2n) is 1.89. The summed E-state index contributed by atoms with van der Waals surface area (Å²) >= 11 is 0. The Bertz CT molecular complexity index is 195. The molecule has 82 valence electrons. The van der Waals surface area contributed by atoms with Crippen molar-refractivity contribution in [2.45, 2.75) is 41.0 Å². The molecule has 0 spiro atoms. The second-order valence-corrected chi connectivity index (χ2v) is 1.89. The molecule has 0 aliphatic rings. The zero-order valence-electron chi connectivity index (χ0n) is 10.2. The van der Waals surface area contributed by atoms with Gasteiger partial charge in [0.05, 0.1) is 7.11 Å². The van der Waals surface area contributed by atoms with E-state index < -0.39 is 0 Å². The van der Waals surface area contributed by atoms with Crippen molar-refractivity contribution in [1.82, 2.24) is 9.97 Å². The fourth-order valence-corrected chi connectivity index (χ4v) is 0.671. The molecular weight excluding hydrogens is 176 g/mol. The van der Waals surface area contributed by atoms with Crippen LogP contribution in [-0.2, 0) is 6.42 Å². The van der Waals surface area contributed by atoms with E-state index in [-0.39, 0.29) is 0 Å². The largest absolute Gasteiger partial charge is 0.467 e. The van der Waals surface area contributed by atoms with Crippen LogP contribution in [0.2, 0.25) is 0 Å². The molecule has 0 unspecified atom stereocenters. The number of aromatic nitrogens is 2. The van der Waals surface area contributed by atoms with E-state index in [0.29, 0.717) is 6.01 Å². The zero-order chi connectivity index (χ0) is 11.4. The molecule has 0 aliphatic heterocycles. The van der Waals surface area contributed by atoms with Gasteiger partial charge in [0, 0.05) is 11.9 Å². The quantitative estimate of drug-likeness (QED) is 0.732. The predicted octanol–water partition coefficient (Wildman–Crippen LogP) is 3.10. The number of methoxy groups -OCH3 is 1. The van der Waals surface area contributed by atoms with Gasteiger partial charge in [0.1, 0.15) is 0 Å². The number of hydrogen-bond acceptors (Lipinski definition) is 3. The monoisotopic (exact) mass is 198 g/mol. The van der Waals surface area contributed by atoms with Crippen molar-refractivity contribution in [3.63, 3.8) is 0 Å². The summed E-state index contributed by atoms with van der Waals surface area (Å²) in [6, 6.07) is 2.32. The first-order valence-corrected chi connectivity index (χ1v) is 5.22. The maximum Gasteiger partial charge on any atom is 0.316 e. The fraction of sp³-hybridized carbons (Fsp3) is 0.636. The van der Waals surface area contributed by atoms with Crippen LogP contribution in [0.15, 0.2) is 12.3 Å². The Morgan fingerprint density at radius 1 is 1.21 bits per heavy atom. The van der Waals surface area contributed by atoms with Gasteiger partial charge in [-0.05, 0) is 12.5 Å². The first-order chi connectivity index (χ1) is 6.86. The Morgan fingerprint density at radius 3 is 2.21 bits per heavy atom. The lowest BCUT2D eigenvalue weighted by Gasteiger charge is -1.97. The van der Waals surface area contributed by atoms with E-state index in [0.717, 1.165) is 12.1 Å². The zero-order valence-corrected chi connectivity index (χ0v) is 10.2. The first kappa shape index (κ1) is 15.4. The van der Waals surface area contributed by atoms with Gasteiger partial charge in [-0.25, -0.2) is 9.97 Å². The van der Waals surface area contributed by atoms with Crippen LogP contribution in [0.4, 0.5) is 0 Å². The highest BCUT2D eigenvalue weighted by Crippen LogP contribution is 2.01. The summed E-state index contributed by atoms with van der Waals surface area (Å²) in [5.41, 5.74) is 1.01. The summed E-state index contributed by atoms with van der Waals surface area (Å²) in [5.74, 6) is 0. The van der Waals surface area contributed by atoms with Gasteiger partial charge in [-0.15, -0.1) is 0 Å². The molecule has 0 fully saturated rings. The van der Waals surface area contributed by atoms with Crippen LogP contribution in [0.3, 0.4) is 0 Å². The molecule has 1 aromatic rings. The smallest absolute Gasteiger partial charge is 0.316 e. The van der Waals surface area contributed by atoms with E-state index >= 15 is 0 Å². The van der Waals surface area contributed by atoms with Crippen LogP contribution in [0, 0.1) is 0 Å². The Labute approximate surface area is 87.6 Å². The maximum absolute atomic E-state index is 4.83. The lowest BCUT2D eigenvalue weighted by Crippen LogP contribution is -1.94. The Balaban J connectivity index is 0. The highest BCUT2D eigenvalue weighted by atomic mass is 16.5. The molecule has 1 heterocycles. The summed E-state index contributed by atoms with van der Waals surface area (Å²) in [7, 11) is 1.56. The summed E-state index contributed by atoms with van der Waals surface area (Å²) in [6.07, 6.45) is 2.61. The average Bonchev–Trinajstić information content (AvgIpc) is 2.34. The van der Waals surface area contributed by atoms with Crippen molar-refractivity contribution in [1.29, 1.82) is 0 Å². The minimum atomic E-state index is 0.444. The lowest BCUT2D eigenvalue weighted by molar-refractivity contribution is 0.378. The van der Waals surface area contributed by atoms with Crippen molar-refractivity contribution in [3.05, 3.63) is 18.0 Å². The van der Waals surface area contributed by atoms with E-state index in [1.165, 1.54) is 0 Å². The minimum Gasteiger partial charge on any atom is -0.467 e. The number of nitrogens with zero attached hydrogens (tertiary/aromatic N) is 2. The molecule has 0 N–H and O–H groups in total. The molecule has 1 aromatic heterocycles. The van der Waals surface area contributed by atoms with E-state index in [2.05, 4.69) is 9.97 Å². The van der Waals surface area contributed by atoms with Crippen LogP contribution in [0.5, 0.6) is 6.01 Å².